The number of amides is 13. The minimum absolute atomic E-state index is 0.0250. The number of fused-ring (bicyclic) bond motifs is 2. The molecule has 664 valence electrons. The lowest BCUT2D eigenvalue weighted by Crippen LogP contribution is -2.62. The number of likely N-dealkylation sites (tertiary alicyclic amines) is 1. The van der Waals surface area contributed by atoms with Crippen molar-refractivity contribution in [2.45, 2.75) is 263 Å². The van der Waals surface area contributed by atoms with Crippen molar-refractivity contribution in [3.8, 4) is 5.75 Å². The van der Waals surface area contributed by atoms with Gasteiger partial charge >= 0.3 is 11.9 Å². The highest BCUT2D eigenvalue weighted by atomic mass is 16.4. The lowest BCUT2D eigenvalue weighted by molar-refractivity contribution is -0.146. The average Bonchev–Trinajstić information content (AvgIpc) is 1.75. The number of phenols is 1. The van der Waals surface area contributed by atoms with Crippen molar-refractivity contribution >= 4 is 111 Å². The Kier molecular flexibility index (Phi) is 38.0. The number of aliphatic carboxylic acids is 2. The lowest BCUT2D eigenvalue weighted by Gasteiger charge is -2.31. The highest BCUT2D eigenvalue weighted by molar-refractivity contribution is 6.02. The molecule has 1 fully saturated rings. The molecule has 2 aromatic heterocycles. The summed E-state index contributed by atoms with van der Waals surface area (Å²) in [5.74, 6) is -16.5. The average molecular weight is 1690 g/mol. The first-order valence-corrected chi connectivity index (χ1v) is 41.2. The number of aromatic amines is 2. The van der Waals surface area contributed by atoms with Crippen LogP contribution in [0.4, 0.5) is 0 Å². The quantitative estimate of drug-likeness (QED) is 0.0231. The number of hydrogen-bond acceptors (Lipinski definition) is 20. The minimum atomic E-state index is -1.91. The summed E-state index contributed by atoms with van der Waals surface area (Å²) in [4.78, 5) is 220. The molecule has 0 unspecified atom stereocenters. The Morgan fingerprint density at radius 2 is 0.860 bits per heavy atom. The Bertz CT molecular complexity index is 4410. The molecular formula is C84H123N17O20. The molecule has 37 heteroatoms. The minimum Gasteiger partial charge on any atom is -0.508 e. The maximum atomic E-state index is 14.9. The van der Waals surface area contributed by atoms with E-state index < -0.39 is 198 Å². The van der Waals surface area contributed by atoms with E-state index in [4.69, 9.17) is 11.5 Å². The molecule has 121 heavy (non-hydrogen) atoms. The summed E-state index contributed by atoms with van der Waals surface area (Å²) >= 11 is 0. The van der Waals surface area contributed by atoms with E-state index in [1.165, 1.54) is 52.0 Å². The molecule has 6 rings (SSSR count). The zero-order chi connectivity index (χ0) is 89.8. The second kappa shape index (κ2) is 46.9. The van der Waals surface area contributed by atoms with E-state index in [1.54, 1.807) is 116 Å². The molecule has 1 aliphatic heterocycles. The first kappa shape index (κ1) is 98.3. The van der Waals surface area contributed by atoms with Gasteiger partial charge < -0.3 is 116 Å². The van der Waals surface area contributed by atoms with Crippen LogP contribution < -0.4 is 75.3 Å². The summed E-state index contributed by atoms with van der Waals surface area (Å²) in [6.07, 6.45) is -0.807. The van der Waals surface area contributed by atoms with Crippen LogP contribution in [0.15, 0.2) is 85.2 Å². The third-order valence-corrected chi connectivity index (χ3v) is 21.0. The zero-order valence-corrected chi connectivity index (χ0v) is 70.7. The molecule has 3 aromatic carbocycles. The number of aromatic hydroxyl groups is 1. The lowest BCUT2D eigenvalue weighted by atomic mass is 9.96. The van der Waals surface area contributed by atoms with Gasteiger partial charge in [0.2, 0.25) is 76.8 Å². The number of H-pyrrole nitrogens is 2. The summed E-state index contributed by atoms with van der Waals surface area (Å²) in [6.45, 7) is 19.0. The SMILES string of the molecule is CC[C@H](C)[C@H](NC(=O)[C@H](C)N)C(=O)N[C@@H](Cc1c[nH]c2ccccc12)C(=O)N[C@@H](Cc1ccc(O)cc1)C(=O)N[C@@H](CC(=O)O)C(=O)N1CCC[C@H]1C(=O)N[C@@H](CC(C)C)C(=O)N[C@H](C(=O)N[C@@H](CCCCN)C(=O)N[C@@H](CC(C)C)C(=O)N[C@@H](Cc1c[nH]c2ccccc12)C(=O)N[C@@H](CC(C)C)C(=O)N[C@H](C(=O)N[C@@H](C)C(=O)O)[C@@H](C)O)[C@@H](C)O. The van der Waals surface area contributed by atoms with Crippen molar-refractivity contribution in [3.63, 3.8) is 0 Å². The number of phenolic OH excluding ortho intramolecular Hbond substituents is 1. The molecule has 0 spiro atoms. The maximum Gasteiger partial charge on any atom is 0.325 e. The van der Waals surface area contributed by atoms with Crippen LogP contribution in [-0.4, -0.2) is 239 Å². The Morgan fingerprint density at radius 1 is 0.463 bits per heavy atom. The molecule has 5 aromatic rings. The van der Waals surface area contributed by atoms with E-state index in [0.717, 1.165) is 4.90 Å². The van der Waals surface area contributed by atoms with Gasteiger partial charge in [0.05, 0.1) is 24.7 Å². The van der Waals surface area contributed by atoms with E-state index in [1.807, 2.05) is 0 Å². The predicted octanol–water partition coefficient (Wildman–Crippen LogP) is 0.193. The number of carboxylic acid groups (broad SMARTS) is 2. The number of aromatic nitrogens is 2. The number of nitrogens with two attached hydrogens (primary N) is 2. The van der Waals surface area contributed by atoms with Crippen LogP contribution >= 0.6 is 0 Å². The van der Waals surface area contributed by atoms with E-state index in [-0.39, 0.29) is 101 Å². The molecule has 0 aliphatic carbocycles. The van der Waals surface area contributed by atoms with Crippen molar-refractivity contribution in [2.24, 2.45) is 35.1 Å². The molecule has 0 radical (unpaired) electrons. The number of nitrogens with one attached hydrogen (secondary N) is 14. The number of carbonyl (C=O) groups excluding carboxylic acids is 13. The predicted molar refractivity (Wildman–Crippen MR) is 447 cm³/mol. The van der Waals surface area contributed by atoms with Crippen molar-refractivity contribution in [2.75, 3.05) is 13.1 Å². The third kappa shape index (κ3) is 29.7. The molecule has 17 atom stereocenters. The van der Waals surface area contributed by atoms with Crippen LogP contribution in [0.1, 0.15) is 164 Å². The fourth-order valence-corrected chi connectivity index (χ4v) is 14.1. The molecule has 3 heterocycles. The van der Waals surface area contributed by atoms with Crippen LogP contribution in [0.25, 0.3) is 21.8 Å². The monoisotopic (exact) mass is 1690 g/mol. The van der Waals surface area contributed by atoms with E-state index >= 15 is 0 Å². The number of carboxylic acids is 2. The molecule has 0 saturated carbocycles. The summed E-state index contributed by atoms with van der Waals surface area (Å²) in [6, 6.07) is -0.916. The van der Waals surface area contributed by atoms with Crippen LogP contribution in [0.5, 0.6) is 5.75 Å². The fraction of sp³-hybridized carbons (Fsp3) is 0.560. The van der Waals surface area contributed by atoms with E-state index in [2.05, 4.69) is 73.8 Å². The Labute approximate surface area is 702 Å². The van der Waals surface area contributed by atoms with Gasteiger partial charge in [-0.25, -0.2) is 0 Å². The number of nitrogens with zero attached hydrogens (tertiary/aromatic N) is 1. The molecule has 1 aliphatic rings. The largest absolute Gasteiger partial charge is 0.508 e. The van der Waals surface area contributed by atoms with Crippen LogP contribution in [-0.2, 0) is 91.2 Å². The molecule has 23 N–H and O–H groups in total. The topological polar surface area (TPSA) is 588 Å². The molecule has 1 saturated heterocycles. The standard InChI is InChI=1S/C84H123N17O20/c1-13-45(8)68(98-71(107)46(9)86)80(116)96-64(38-52-41-88-57-24-17-15-22-55(52)57)76(112)93-62(36-50-27-29-53(104)30-28-50)74(110)97-65(39-67(105)106)83(119)101-32-20-26-66(101)79(115)95-61(35-44(6)7)78(114)100-70(49(12)103)82(118)90-58(25-18-19-31-85)72(108)91-59(33-42(2)3)73(109)94-63(37-51-40-87-56-23-16-14-21-54(51)56)75(111)92-60(34-43(4)5)77(113)99-69(48(11)102)81(117)89-47(10)84(120)121/h14-17,21-24,27-30,40-49,58-66,68-70,87-88,102-104H,13,18-20,25-26,31-39,85-86H2,1-12H3,(H,89,117)(H,90,118)(H,91,108)(H,92,111)(H,93,112)(H,94,109)(H,95,115)(H,96,116)(H,97,110)(H,98,107)(H,99,113)(H,100,114)(H,105,106)(H,120,121)/t45-,46-,47-,48+,49+,58-,59-,60-,61-,62-,63-,64-,65-,66-,68-,69-,70-/m0/s1. The Hall–Kier alpha value is -11.6. The van der Waals surface area contributed by atoms with Gasteiger partial charge in [-0.2, -0.15) is 0 Å². The summed E-state index contributed by atoms with van der Waals surface area (Å²) in [7, 11) is 0. The van der Waals surface area contributed by atoms with Gasteiger partial charge in [-0.05, 0) is 150 Å². The number of unbranched alkanes of at least 4 members (excludes halogenated alkanes) is 1. The Morgan fingerprint density at radius 3 is 1.31 bits per heavy atom. The number of hydrogen-bond donors (Lipinski definition) is 21. The number of para-hydroxylation sites is 2. The highest BCUT2D eigenvalue weighted by Crippen LogP contribution is 2.25. The number of benzene rings is 3. The van der Waals surface area contributed by atoms with Crippen molar-refractivity contribution in [1.29, 1.82) is 0 Å². The van der Waals surface area contributed by atoms with E-state index in [9.17, 15) is 97.5 Å². The first-order chi connectivity index (χ1) is 57.1. The molecule has 13 amide bonds. The molecular weight excluding hydrogens is 1570 g/mol. The second-order valence-corrected chi connectivity index (χ2v) is 32.6. The van der Waals surface area contributed by atoms with Gasteiger partial charge in [0.15, 0.2) is 0 Å². The van der Waals surface area contributed by atoms with Crippen molar-refractivity contribution < 1.29 is 97.5 Å². The van der Waals surface area contributed by atoms with Gasteiger partial charge in [0, 0.05) is 60.0 Å². The van der Waals surface area contributed by atoms with Crippen LogP contribution in [0, 0.1) is 23.7 Å². The third-order valence-electron chi connectivity index (χ3n) is 21.0. The first-order valence-electron chi connectivity index (χ1n) is 41.2. The second-order valence-electron chi connectivity index (χ2n) is 32.6. The zero-order valence-electron chi connectivity index (χ0n) is 70.7. The number of carbonyl (C=O) groups is 15. The van der Waals surface area contributed by atoms with E-state index in [0.29, 0.717) is 51.3 Å². The number of rotatable bonds is 48. The van der Waals surface area contributed by atoms with Crippen molar-refractivity contribution in [1.82, 2.24) is 78.7 Å². The normalized spacial score (nSPS) is 16.8. The van der Waals surface area contributed by atoms with Gasteiger partial charge in [-0.3, -0.25) is 71.9 Å². The van der Waals surface area contributed by atoms with Crippen LogP contribution in [0.2, 0.25) is 0 Å². The smallest absolute Gasteiger partial charge is 0.325 e. The van der Waals surface area contributed by atoms with Gasteiger partial charge in [0.25, 0.3) is 0 Å². The number of aliphatic hydroxyl groups excluding tert-OH is 2. The van der Waals surface area contributed by atoms with Crippen LogP contribution in [0.3, 0.4) is 0 Å². The molecule has 0 bridgehead atoms. The summed E-state index contributed by atoms with van der Waals surface area (Å²) < 4.78 is 0. The van der Waals surface area contributed by atoms with Gasteiger partial charge in [-0.1, -0.05) is 110 Å². The number of aliphatic hydroxyl groups is 2. The molecule has 37 nitrogen and oxygen atoms in total. The van der Waals surface area contributed by atoms with Crippen molar-refractivity contribution in [3.05, 3.63) is 102 Å². The van der Waals surface area contributed by atoms with Gasteiger partial charge in [-0.15, -0.1) is 0 Å². The maximum absolute atomic E-state index is 14.9. The van der Waals surface area contributed by atoms with Gasteiger partial charge in [0.1, 0.15) is 84.3 Å². The summed E-state index contributed by atoms with van der Waals surface area (Å²) in [5.41, 5.74) is 14.6. The summed E-state index contributed by atoms with van der Waals surface area (Å²) in [5, 5.41) is 84.5. The fourth-order valence-electron chi connectivity index (χ4n) is 14.1. The highest BCUT2D eigenvalue weighted by Gasteiger charge is 2.43. The Balaban J connectivity index is 1.22.